The van der Waals surface area contributed by atoms with Crippen LogP contribution in [-0.4, -0.2) is 9.38 Å². The third kappa shape index (κ3) is 1.80. The van der Waals surface area contributed by atoms with Crippen molar-refractivity contribution < 1.29 is 13.2 Å². The highest BCUT2D eigenvalue weighted by Crippen LogP contribution is 2.28. The molecule has 2 N–H and O–H groups in total. The molecule has 80 valence electrons. The van der Waals surface area contributed by atoms with Crippen LogP contribution in [0.2, 0.25) is 0 Å². The topological polar surface area (TPSA) is 43.3 Å². The summed E-state index contributed by atoms with van der Waals surface area (Å²) in [5, 5.41) is 0. The Hall–Kier alpha value is -1.56. The third-order valence-electron chi connectivity index (χ3n) is 2.04. The van der Waals surface area contributed by atoms with Crippen molar-refractivity contribution in [2.24, 2.45) is 5.73 Å². The number of imidazole rings is 1. The Bertz CT molecular complexity index is 487. The summed E-state index contributed by atoms with van der Waals surface area (Å²) in [5.41, 5.74) is 5.51. The Kier molecular flexibility index (Phi) is 2.15. The maximum absolute atomic E-state index is 12.3. The fourth-order valence-corrected chi connectivity index (χ4v) is 1.30. The fraction of sp³-hybridized carbons (Fsp3) is 0.222. The number of hydrogen-bond donors (Lipinski definition) is 1. The van der Waals surface area contributed by atoms with Gasteiger partial charge >= 0.3 is 6.18 Å². The van der Waals surface area contributed by atoms with Crippen LogP contribution in [-0.2, 0) is 12.7 Å². The van der Waals surface area contributed by atoms with Crippen molar-refractivity contribution >= 4 is 5.65 Å². The van der Waals surface area contributed by atoms with E-state index in [4.69, 9.17) is 5.73 Å². The Morgan fingerprint density at radius 1 is 1.27 bits per heavy atom. The van der Waals surface area contributed by atoms with Gasteiger partial charge in [0, 0.05) is 18.9 Å². The summed E-state index contributed by atoms with van der Waals surface area (Å²) in [6, 6.07) is 3.17. The standard InChI is InChI=1S/C9H8F3N3/c10-9(11,12)7-5-15-4-6(3-13)1-2-8(15)14-7/h1-2,4-5H,3,13H2. The first-order valence-corrected chi connectivity index (χ1v) is 4.25. The summed E-state index contributed by atoms with van der Waals surface area (Å²) >= 11 is 0. The van der Waals surface area contributed by atoms with E-state index in [-0.39, 0.29) is 12.2 Å². The maximum atomic E-state index is 12.3. The van der Waals surface area contributed by atoms with Crippen molar-refractivity contribution in [3.05, 3.63) is 35.8 Å². The number of alkyl halides is 3. The van der Waals surface area contributed by atoms with Crippen molar-refractivity contribution in [2.75, 3.05) is 0 Å². The molecule has 0 aliphatic heterocycles. The molecule has 0 spiro atoms. The van der Waals surface area contributed by atoms with Gasteiger partial charge in [-0.1, -0.05) is 6.07 Å². The molecule has 0 aromatic carbocycles. The SMILES string of the molecule is NCc1ccc2nc(C(F)(F)F)cn2c1. The van der Waals surface area contributed by atoms with Gasteiger partial charge < -0.3 is 10.1 Å². The van der Waals surface area contributed by atoms with E-state index in [0.717, 1.165) is 11.8 Å². The molecule has 6 heteroatoms. The lowest BCUT2D eigenvalue weighted by molar-refractivity contribution is -0.140. The first kappa shape index (κ1) is 9.97. The van der Waals surface area contributed by atoms with Crippen LogP contribution >= 0.6 is 0 Å². The van der Waals surface area contributed by atoms with Crippen molar-refractivity contribution in [3.8, 4) is 0 Å². The van der Waals surface area contributed by atoms with Crippen molar-refractivity contribution in [1.82, 2.24) is 9.38 Å². The van der Waals surface area contributed by atoms with Crippen molar-refractivity contribution in [2.45, 2.75) is 12.7 Å². The van der Waals surface area contributed by atoms with E-state index >= 15 is 0 Å². The van der Waals surface area contributed by atoms with E-state index in [0.29, 0.717) is 0 Å². The summed E-state index contributed by atoms with van der Waals surface area (Å²) in [5.74, 6) is 0. The average molecular weight is 215 g/mol. The van der Waals surface area contributed by atoms with E-state index in [1.54, 1.807) is 6.07 Å². The van der Waals surface area contributed by atoms with Crippen molar-refractivity contribution in [1.29, 1.82) is 0 Å². The minimum Gasteiger partial charge on any atom is -0.326 e. The number of halogens is 3. The van der Waals surface area contributed by atoms with Gasteiger partial charge in [-0.2, -0.15) is 13.2 Å². The Labute approximate surface area is 83.3 Å². The molecule has 3 nitrogen and oxygen atoms in total. The molecule has 0 saturated carbocycles. The number of nitrogens with zero attached hydrogens (tertiary/aromatic N) is 2. The monoisotopic (exact) mass is 215 g/mol. The van der Waals surface area contributed by atoms with Gasteiger partial charge in [-0.25, -0.2) is 4.98 Å². The third-order valence-corrected chi connectivity index (χ3v) is 2.04. The smallest absolute Gasteiger partial charge is 0.326 e. The van der Waals surface area contributed by atoms with E-state index in [1.807, 2.05) is 0 Å². The molecule has 0 amide bonds. The first-order valence-electron chi connectivity index (χ1n) is 4.25. The second-order valence-corrected chi connectivity index (χ2v) is 3.13. The van der Waals surface area contributed by atoms with Crippen LogP contribution in [0.1, 0.15) is 11.3 Å². The molecular formula is C9H8F3N3. The lowest BCUT2D eigenvalue weighted by Crippen LogP contribution is -2.04. The highest BCUT2D eigenvalue weighted by atomic mass is 19.4. The molecule has 0 saturated heterocycles. The van der Waals surface area contributed by atoms with Gasteiger partial charge in [0.25, 0.3) is 0 Å². The van der Waals surface area contributed by atoms with E-state index < -0.39 is 11.9 Å². The highest BCUT2D eigenvalue weighted by molar-refractivity contribution is 5.41. The number of aromatic nitrogens is 2. The summed E-state index contributed by atoms with van der Waals surface area (Å²) < 4.78 is 38.2. The molecule has 0 radical (unpaired) electrons. The molecule has 0 aliphatic carbocycles. The second-order valence-electron chi connectivity index (χ2n) is 3.13. The van der Waals surface area contributed by atoms with Gasteiger partial charge in [-0.3, -0.25) is 0 Å². The van der Waals surface area contributed by atoms with Crippen LogP contribution < -0.4 is 5.73 Å². The molecule has 15 heavy (non-hydrogen) atoms. The minimum atomic E-state index is -4.41. The molecule has 0 bridgehead atoms. The normalized spacial score (nSPS) is 12.3. The number of rotatable bonds is 1. The van der Waals surface area contributed by atoms with Crippen LogP contribution in [0.25, 0.3) is 5.65 Å². The summed E-state index contributed by atoms with van der Waals surface area (Å²) in [6.45, 7) is 0.287. The average Bonchev–Trinajstić information content (AvgIpc) is 2.59. The summed E-state index contributed by atoms with van der Waals surface area (Å²) in [4.78, 5) is 3.46. The molecule has 0 fully saturated rings. The number of fused-ring (bicyclic) bond motifs is 1. The zero-order valence-electron chi connectivity index (χ0n) is 7.62. The zero-order chi connectivity index (χ0) is 11.1. The molecule has 0 aliphatic rings. The molecular weight excluding hydrogens is 207 g/mol. The lowest BCUT2D eigenvalue weighted by Gasteiger charge is -1.98. The molecule has 2 heterocycles. The van der Waals surface area contributed by atoms with E-state index in [9.17, 15) is 13.2 Å². The quantitative estimate of drug-likeness (QED) is 0.788. The molecule has 2 rings (SSSR count). The van der Waals surface area contributed by atoms with Gasteiger partial charge in [0.2, 0.25) is 0 Å². The molecule has 0 unspecified atom stereocenters. The van der Waals surface area contributed by atoms with Gasteiger partial charge in [-0.05, 0) is 11.6 Å². The molecule has 2 aromatic heterocycles. The minimum absolute atomic E-state index is 0.263. The van der Waals surface area contributed by atoms with Crippen LogP contribution in [0.3, 0.4) is 0 Å². The zero-order valence-corrected chi connectivity index (χ0v) is 7.62. The molecule has 0 atom stereocenters. The first-order chi connectivity index (χ1) is 7.00. The van der Waals surface area contributed by atoms with Gasteiger partial charge in [-0.15, -0.1) is 0 Å². The number of hydrogen-bond acceptors (Lipinski definition) is 2. The highest BCUT2D eigenvalue weighted by Gasteiger charge is 2.33. The largest absolute Gasteiger partial charge is 0.434 e. The van der Waals surface area contributed by atoms with Gasteiger partial charge in [0.05, 0.1) is 0 Å². The van der Waals surface area contributed by atoms with E-state index in [1.165, 1.54) is 16.7 Å². The molecule has 2 aromatic rings. The van der Waals surface area contributed by atoms with Crippen LogP contribution in [0, 0.1) is 0 Å². The lowest BCUT2D eigenvalue weighted by atomic mass is 10.3. The van der Waals surface area contributed by atoms with Gasteiger partial charge in [0.1, 0.15) is 5.65 Å². The van der Waals surface area contributed by atoms with Crippen LogP contribution in [0.15, 0.2) is 24.5 Å². The van der Waals surface area contributed by atoms with Crippen LogP contribution in [0.4, 0.5) is 13.2 Å². The second kappa shape index (κ2) is 3.23. The predicted molar refractivity (Wildman–Crippen MR) is 48.1 cm³/mol. The number of pyridine rings is 1. The Morgan fingerprint density at radius 2 is 2.00 bits per heavy atom. The fourth-order valence-electron chi connectivity index (χ4n) is 1.30. The maximum Gasteiger partial charge on any atom is 0.434 e. The Morgan fingerprint density at radius 3 is 2.60 bits per heavy atom. The summed E-state index contributed by atoms with van der Waals surface area (Å²) in [6.07, 6.45) is -1.92. The number of nitrogens with two attached hydrogens (primary N) is 1. The van der Waals surface area contributed by atoms with Gasteiger partial charge in [0.15, 0.2) is 5.69 Å². The summed E-state index contributed by atoms with van der Waals surface area (Å²) in [7, 11) is 0. The van der Waals surface area contributed by atoms with Crippen molar-refractivity contribution in [3.63, 3.8) is 0 Å². The predicted octanol–water partition coefficient (Wildman–Crippen LogP) is 1.81. The van der Waals surface area contributed by atoms with E-state index in [2.05, 4.69) is 4.98 Å². The van der Waals surface area contributed by atoms with Crippen LogP contribution in [0.5, 0.6) is 0 Å². The Balaban J connectivity index is 2.56.